The van der Waals surface area contributed by atoms with Gasteiger partial charge in [0.05, 0.1) is 11.4 Å². The molecule has 0 heterocycles. The summed E-state index contributed by atoms with van der Waals surface area (Å²) in [6.45, 7) is 16.0. The summed E-state index contributed by atoms with van der Waals surface area (Å²) in [5.41, 5.74) is 22.2. The molecule has 0 saturated heterocycles. The Morgan fingerprint density at radius 2 is 0.554 bits per heavy atom. The van der Waals surface area contributed by atoms with Crippen LogP contribution in [-0.4, -0.2) is 0 Å². The van der Waals surface area contributed by atoms with Crippen molar-refractivity contribution in [1.29, 1.82) is 0 Å². The van der Waals surface area contributed by atoms with Gasteiger partial charge >= 0.3 is 0 Å². The summed E-state index contributed by atoms with van der Waals surface area (Å²) in [4.78, 5) is 5.16. The van der Waals surface area contributed by atoms with Gasteiger partial charge in [-0.15, -0.1) is 0 Å². The Bertz CT molecular complexity index is 3590. The molecule has 0 saturated carbocycles. The highest BCUT2D eigenvalue weighted by Gasteiger charge is 2.29. The first-order chi connectivity index (χ1) is 36.0. The summed E-state index contributed by atoms with van der Waals surface area (Å²) in [5.74, 6) is 0. The minimum atomic E-state index is -0.0282. The normalized spacial score (nSPS) is 11.7. The van der Waals surface area contributed by atoms with E-state index in [9.17, 15) is 0 Å². The average Bonchev–Trinajstić information content (AvgIpc) is 3.44. The zero-order chi connectivity index (χ0) is 50.7. The quantitative estimate of drug-likeness (QED) is 0.126. The number of nitrogens with zero attached hydrogens (tertiary/aromatic N) is 2. The van der Waals surface area contributed by atoms with Crippen molar-refractivity contribution < 1.29 is 0 Å². The molecule has 0 atom stereocenters. The van der Waals surface area contributed by atoms with E-state index in [0.29, 0.717) is 0 Å². The van der Waals surface area contributed by atoms with Crippen LogP contribution in [0.15, 0.2) is 237 Å². The third-order valence-electron chi connectivity index (χ3n) is 15.2. The van der Waals surface area contributed by atoms with E-state index < -0.39 is 0 Å². The van der Waals surface area contributed by atoms with Gasteiger partial charge in [-0.25, -0.2) is 0 Å². The molecule has 0 N–H and O–H groups in total. The maximum Gasteiger partial charge on any atom is 0.0561 e. The van der Waals surface area contributed by atoms with Crippen LogP contribution in [0.1, 0.15) is 48.6 Å². The molecule has 0 amide bonds. The molecular formula is C72H60N2. The number of aryl methyl sites for hydroxylation is 4. The fraction of sp³-hybridized carbons (Fsp3) is 0.111. The summed E-state index contributed by atoms with van der Waals surface area (Å²) < 4.78 is 0. The lowest BCUT2D eigenvalue weighted by atomic mass is 9.83. The standard InChI is InChI=1S/C72H60N2/c1-47-28-32-55(51-20-12-8-13-21-51)42-64(47)73(65-43-56(33-29-48(65)2)52-22-14-9-15-23-52)68-46-69(63-39-37-60-41-61(72(5,6)7)40-59-36-38-62(68)71(63)70(59)60)74(66-44-57(34-30-49(66)3)53-24-16-10-17-25-53)67-45-58(35-31-50(67)4)54-26-18-11-19-27-54/h8-46H,1-7H3. The molecule has 12 aromatic rings. The Balaban J connectivity index is 1.24. The van der Waals surface area contributed by atoms with Gasteiger partial charge in [0.25, 0.3) is 0 Å². The molecule has 0 spiro atoms. The third-order valence-corrected chi connectivity index (χ3v) is 15.2. The van der Waals surface area contributed by atoms with E-state index in [1.54, 1.807) is 0 Å². The van der Waals surface area contributed by atoms with Crippen LogP contribution in [0.3, 0.4) is 0 Å². The second-order valence-electron chi connectivity index (χ2n) is 21.2. The van der Waals surface area contributed by atoms with Gasteiger partial charge in [0.15, 0.2) is 0 Å². The van der Waals surface area contributed by atoms with Crippen LogP contribution in [0, 0.1) is 27.7 Å². The summed E-state index contributed by atoms with van der Waals surface area (Å²) >= 11 is 0. The van der Waals surface area contributed by atoms with Crippen LogP contribution in [0.25, 0.3) is 76.8 Å². The van der Waals surface area contributed by atoms with E-state index >= 15 is 0 Å². The van der Waals surface area contributed by atoms with Crippen LogP contribution in [0.5, 0.6) is 0 Å². The maximum atomic E-state index is 2.58. The van der Waals surface area contributed by atoms with Crippen LogP contribution in [0.4, 0.5) is 34.1 Å². The number of rotatable bonds is 10. The first-order valence-electron chi connectivity index (χ1n) is 26.0. The fourth-order valence-electron chi connectivity index (χ4n) is 11.1. The SMILES string of the molecule is Cc1ccc(-c2ccccc2)cc1N(c1cc(-c2ccccc2)ccc1C)c1cc(N(c2cc(-c3ccccc3)ccc2C)c2cc(-c3ccccc3)ccc2C)c2ccc3cc(C(C)(C)C)cc4ccc1c2c43. The summed E-state index contributed by atoms with van der Waals surface area (Å²) in [7, 11) is 0. The monoisotopic (exact) mass is 952 g/mol. The molecule has 0 aliphatic rings. The number of hydrogen-bond donors (Lipinski definition) is 0. The van der Waals surface area contributed by atoms with E-state index in [0.717, 1.165) is 34.1 Å². The van der Waals surface area contributed by atoms with Gasteiger partial charge in [-0.05, 0) is 152 Å². The molecule has 358 valence electrons. The first kappa shape index (κ1) is 46.4. The average molecular weight is 953 g/mol. The topological polar surface area (TPSA) is 6.48 Å². The maximum absolute atomic E-state index is 2.58. The lowest BCUT2D eigenvalue weighted by Crippen LogP contribution is -2.17. The second kappa shape index (κ2) is 18.7. The molecule has 0 radical (unpaired) electrons. The Morgan fingerprint density at radius 1 is 0.257 bits per heavy atom. The van der Waals surface area contributed by atoms with Gasteiger partial charge in [0, 0.05) is 38.9 Å². The van der Waals surface area contributed by atoms with Crippen molar-refractivity contribution in [3.05, 3.63) is 264 Å². The third kappa shape index (κ3) is 8.37. The molecule has 0 unspecified atom stereocenters. The molecule has 0 aliphatic heterocycles. The molecule has 74 heavy (non-hydrogen) atoms. The van der Waals surface area contributed by atoms with Crippen molar-refractivity contribution >= 4 is 66.4 Å². The van der Waals surface area contributed by atoms with Crippen molar-refractivity contribution in [3.8, 4) is 44.5 Å². The van der Waals surface area contributed by atoms with Gasteiger partial charge in [-0.1, -0.05) is 227 Å². The second-order valence-corrected chi connectivity index (χ2v) is 21.2. The zero-order valence-electron chi connectivity index (χ0n) is 43.4. The van der Waals surface area contributed by atoms with Gasteiger partial charge in [0.1, 0.15) is 0 Å². The molecule has 0 fully saturated rings. The molecule has 12 aromatic carbocycles. The van der Waals surface area contributed by atoms with Gasteiger partial charge in [0.2, 0.25) is 0 Å². The zero-order valence-corrected chi connectivity index (χ0v) is 43.4. The van der Waals surface area contributed by atoms with Gasteiger partial charge in [-0.2, -0.15) is 0 Å². The minimum absolute atomic E-state index is 0.0282. The van der Waals surface area contributed by atoms with Crippen molar-refractivity contribution in [2.24, 2.45) is 0 Å². The lowest BCUT2D eigenvalue weighted by molar-refractivity contribution is 0.591. The summed E-state index contributed by atoms with van der Waals surface area (Å²) in [5, 5.41) is 7.43. The predicted molar refractivity (Wildman–Crippen MR) is 319 cm³/mol. The van der Waals surface area contributed by atoms with Crippen molar-refractivity contribution in [2.75, 3.05) is 9.80 Å². The van der Waals surface area contributed by atoms with Crippen LogP contribution < -0.4 is 9.80 Å². The van der Waals surface area contributed by atoms with E-state index in [1.165, 1.54) is 105 Å². The van der Waals surface area contributed by atoms with E-state index in [2.05, 4.69) is 295 Å². The largest absolute Gasteiger partial charge is 0.309 e. The number of hydrogen-bond acceptors (Lipinski definition) is 2. The molecule has 0 aliphatic carbocycles. The summed E-state index contributed by atoms with van der Waals surface area (Å²) in [6, 6.07) is 88.1. The highest BCUT2D eigenvalue weighted by Crippen LogP contribution is 2.53. The summed E-state index contributed by atoms with van der Waals surface area (Å²) in [6.07, 6.45) is 0. The molecule has 2 heteroatoms. The Morgan fingerprint density at radius 3 is 0.838 bits per heavy atom. The number of anilines is 6. The molecule has 0 bridgehead atoms. The molecule has 2 nitrogen and oxygen atoms in total. The molecule has 0 aromatic heterocycles. The minimum Gasteiger partial charge on any atom is -0.309 e. The highest BCUT2D eigenvalue weighted by atomic mass is 15.2. The first-order valence-corrected chi connectivity index (χ1v) is 26.0. The Kier molecular flexibility index (Phi) is 11.7. The Hall–Kier alpha value is -8.72. The van der Waals surface area contributed by atoms with Crippen LogP contribution in [-0.2, 0) is 5.41 Å². The van der Waals surface area contributed by atoms with E-state index in [4.69, 9.17) is 0 Å². The van der Waals surface area contributed by atoms with E-state index in [-0.39, 0.29) is 5.41 Å². The fourth-order valence-corrected chi connectivity index (χ4v) is 11.1. The molecular weight excluding hydrogens is 893 g/mol. The number of benzene rings is 12. The van der Waals surface area contributed by atoms with Crippen molar-refractivity contribution in [1.82, 2.24) is 0 Å². The van der Waals surface area contributed by atoms with Crippen LogP contribution in [0.2, 0.25) is 0 Å². The van der Waals surface area contributed by atoms with Gasteiger partial charge in [-0.3, -0.25) is 0 Å². The lowest BCUT2D eigenvalue weighted by Gasteiger charge is -2.35. The van der Waals surface area contributed by atoms with Crippen molar-refractivity contribution in [3.63, 3.8) is 0 Å². The Labute approximate surface area is 436 Å². The predicted octanol–water partition coefficient (Wildman–Crippen LogP) is 20.7. The smallest absolute Gasteiger partial charge is 0.0561 e. The molecule has 12 rings (SSSR count). The highest BCUT2D eigenvalue weighted by molar-refractivity contribution is 6.29. The van der Waals surface area contributed by atoms with E-state index in [1.807, 2.05) is 0 Å². The van der Waals surface area contributed by atoms with Gasteiger partial charge < -0.3 is 9.80 Å². The van der Waals surface area contributed by atoms with Crippen LogP contribution >= 0.6 is 0 Å². The van der Waals surface area contributed by atoms with Crippen molar-refractivity contribution in [2.45, 2.75) is 53.9 Å².